The van der Waals surface area contributed by atoms with Crippen LogP contribution in [0.3, 0.4) is 0 Å². The van der Waals surface area contributed by atoms with Crippen molar-refractivity contribution >= 4 is 29.3 Å². The molecule has 27 heavy (non-hydrogen) atoms. The Kier molecular flexibility index (Phi) is 4.72. The average Bonchev–Trinajstić information content (AvgIpc) is 3.21. The summed E-state index contributed by atoms with van der Waals surface area (Å²) in [4.78, 5) is 27.9. The van der Waals surface area contributed by atoms with E-state index in [0.29, 0.717) is 22.7 Å². The first-order chi connectivity index (χ1) is 12.8. The molecule has 3 aromatic rings. The molecular weight excluding hydrogens is 354 g/mol. The Morgan fingerprint density at radius 1 is 1.19 bits per heavy atom. The molecule has 0 aromatic carbocycles. The maximum absolute atomic E-state index is 12.1. The number of methoxy groups -OCH3 is 1. The molecular formula is C17H19N5O5. The minimum atomic E-state index is -0.709. The highest BCUT2D eigenvalue weighted by Gasteiger charge is 2.21. The van der Waals surface area contributed by atoms with Crippen molar-refractivity contribution < 1.29 is 23.5 Å². The molecule has 0 atom stereocenters. The lowest BCUT2D eigenvalue weighted by Gasteiger charge is -2.19. The molecule has 0 spiro atoms. The Morgan fingerprint density at radius 3 is 2.67 bits per heavy atom. The maximum atomic E-state index is 12.1. The van der Waals surface area contributed by atoms with E-state index in [9.17, 15) is 9.59 Å². The lowest BCUT2D eigenvalue weighted by Crippen LogP contribution is -2.27. The van der Waals surface area contributed by atoms with Gasteiger partial charge in [-0.15, -0.1) is 5.10 Å². The third kappa shape index (κ3) is 4.17. The van der Waals surface area contributed by atoms with E-state index < -0.39 is 17.8 Å². The van der Waals surface area contributed by atoms with Gasteiger partial charge in [0.1, 0.15) is 11.3 Å². The molecule has 0 unspecified atom stereocenters. The van der Waals surface area contributed by atoms with Crippen molar-refractivity contribution in [1.82, 2.24) is 14.6 Å². The van der Waals surface area contributed by atoms with Crippen LogP contribution in [0.15, 0.2) is 35.1 Å². The lowest BCUT2D eigenvalue weighted by molar-refractivity contribution is 0.0636. The number of ether oxygens (including phenoxy) is 2. The lowest BCUT2D eigenvalue weighted by atomic mass is 10.2. The van der Waals surface area contributed by atoms with Crippen molar-refractivity contribution in [3.05, 3.63) is 30.7 Å². The van der Waals surface area contributed by atoms with Crippen LogP contribution >= 0.6 is 0 Å². The van der Waals surface area contributed by atoms with E-state index >= 15 is 0 Å². The fourth-order valence-corrected chi connectivity index (χ4v) is 2.30. The zero-order valence-electron chi connectivity index (χ0n) is 15.3. The second-order valence-electron chi connectivity index (χ2n) is 6.53. The summed E-state index contributed by atoms with van der Waals surface area (Å²) in [6.07, 6.45) is 1.77. The van der Waals surface area contributed by atoms with Gasteiger partial charge >= 0.3 is 12.2 Å². The van der Waals surface area contributed by atoms with Gasteiger partial charge in [0.15, 0.2) is 5.76 Å². The molecule has 10 heteroatoms. The molecule has 3 heterocycles. The highest BCUT2D eigenvalue weighted by Crippen LogP contribution is 2.32. The number of aromatic nitrogens is 3. The molecule has 0 radical (unpaired) electrons. The van der Waals surface area contributed by atoms with E-state index in [-0.39, 0.29) is 5.95 Å². The SMILES string of the molecule is COC(=O)Nc1nc(-c2occc2NC(=O)OC(C)(C)C)c2cccn2n1. The van der Waals surface area contributed by atoms with Crippen molar-refractivity contribution in [3.8, 4) is 11.5 Å². The van der Waals surface area contributed by atoms with Crippen LogP contribution in [0.5, 0.6) is 0 Å². The smallest absolute Gasteiger partial charge is 0.413 e. The Labute approximate surface area is 154 Å². The normalized spacial score (nSPS) is 11.3. The van der Waals surface area contributed by atoms with Crippen LogP contribution in [0.25, 0.3) is 17.0 Å². The Bertz CT molecular complexity index is 985. The molecule has 2 N–H and O–H groups in total. The van der Waals surface area contributed by atoms with Gasteiger partial charge in [0.2, 0.25) is 0 Å². The fourth-order valence-electron chi connectivity index (χ4n) is 2.30. The van der Waals surface area contributed by atoms with Gasteiger partial charge in [-0.2, -0.15) is 0 Å². The fraction of sp³-hybridized carbons (Fsp3) is 0.294. The van der Waals surface area contributed by atoms with Gasteiger partial charge in [0.05, 0.1) is 24.6 Å². The van der Waals surface area contributed by atoms with E-state index in [1.807, 2.05) is 0 Å². The third-order valence-electron chi connectivity index (χ3n) is 3.31. The van der Waals surface area contributed by atoms with E-state index in [4.69, 9.17) is 9.15 Å². The van der Waals surface area contributed by atoms with Crippen LogP contribution in [-0.2, 0) is 9.47 Å². The number of furan rings is 1. The number of nitrogens with one attached hydrogen (secondary N) is 2. The van der Waals surface area contributed by atoms with Gasteiger partial charge in [-0.05, 0) is 32.9 Å². The standard InChI is InChI=1S/C17H19N5O5/c1-17(2,3)27-16(24)18-10-7-9-26-13(10)12-11-6-5-8-22(11)21-14(19-12)20-15(23)25-4/h5-9H,1-4H3,(H,18,24)(H,20,21,23). The highest BCUT2D eigenvalue weighted by molar-refractivity contribution is 5.92. The van der Waals surface area contributed by atoms with Gasteiger partial charge in [-0.3, -0.25) is 10.6 Å². The molecule has 0 fully saturated rings. The monoisotopic (exact) mass is 373 g/mol. The number of fused-ring (bicyclic) bond motifs is 1. The predicted molar refractivity (Wildman–Crippen MR) is 96.6 cm³/mol. The maximum Gasteiger partial charge on any atom is 0.413 e. The molecule has 0 aliphatic carbocycles. The van der Waals surface area contributed by atoms with Crippen LogP contribution in [-0.4, -0.2) is 39.5 Å². The number of amides is 2. The van der Waals surface area contributed by atoms with E-state index in [1.165, 1.54) is 17.9 Å². The van der Waals surface area contributed by atoms with Crippen molar-refractivity contribution in [2.75, 3.05) is 17.7 Å². The Morgan fingerprint density at radius 2 is 1.96 bits per heavy atom. The molecule has 0 saturated carbocycles. The van der Waals surface area contributed by atoms with Gasteiger partial charge in [0, 0.05) is 12.3 Å². The summed E-state index contributed by atoms with van der Waals surface area (Å²) in [5.74, 6) is 0.306. The van der Waals surface area contributed by atoms with Gasteiger partial charge < -0.3 is 13.9 Å². The first-order valence-corrected chi connectivity index (χ1v) is 8.05. The minimum absolute atomic E-state index is 0.0140. The largest absolute Gasteiger partial charge is 0.460 e. The second kappa shape index (κ2) is 6.98. The Hall–Kier alpha value is -3.56. The molecule has 0 saturated heterocycles. The van der Waals surface area contributed by atoms with Crippen molar-refractivity contribution in [1.29, 1.82) is 0 Å². The average molecular weight is 373 g/mol. The summed E-state index contributed by atoms with van der Waals surface area (Å²) in [6.45, 7) is 5.30. The predicted octanol–water partition coefficient (Wildman–Crippen LogP) is 3.51. The quantitative estimate of drug-likeness (QED) is 0.720. The number of rotatable bonds is 3. The number of hydrogen-bond donors (Lipinski definition) is 2. The zero-order chi connectivity index (χ0) is 19.6. The third-order valence-corrected chi connectivity index (χ3v) is 3.31. The number of carbonyl (C=O) groups is 2. The van der Waals surface area contributed by atoms with E-state index in [1.54, 1.807) is 45.2 Å². The molecule has 0 aliphatic heterocycles. The van der Waals surface area contributed by atoms with Crippen molar-refractivity contribution in [3.63, 3.8) is 0 Å². The van der Waals surface area contributed by atoms with Crippen LogP contribution in [0.4, 0.5) is 21.2 Å². The summed E-state index contributed by atoms with van der Waals surface area (Å²) in [5, 5.41) is 9.22. The van der Waals surface area contributed by atoms with Crippen LogP contribution in [0.2, 0.25) is 0 Å². The molecule has 2 amide bonds. The number of nitrogens with zero attached hydrogens (tertiary/aromatic N) is 3. The molecule has 142 valence electrons. The van der Waals surface area contributed by atoms with Crippen LogP contribution in [0, 0.1) is 0 Å². The van der Waals surface area contributed by atoms with E-state index in [2.05, 4.69) is 25.5 Å². The van der Waals surface area contributed by atoms with Crippen LogP contribution in [0.1, 0.15) is 20.8 Å². The summed E-state index contributed by atoms with van der Waals surface area (Å²) in [6, 6.07) is 5.12. The molecule has 3 aromatic heterocycles. The first-order valence-electron chi connectivity index (χ1n) is 8.05. The summed E-state index contributed by atoms with van der Waals surface area (Å²) in [7, 11) is 1.24. The Balaban J connectivity index is 1.98. The zero-order valence-corrected chi connectivity index (χ0v) is 15.3. The van der Waals surface area contributed by atoms with E-state index in [0.717, 1.165) is 0 Å². The second-order valence-corrected chi connectivity index (χ2v) is 6.53. The summed E-state index contributed by atoms with van der Waals surface area (Å²) >= 11 is 0. The van der Waals surface area contributed by atoms with Gasteiger partial charge in [0.25, 0.3) is 5.95 Å². The van der Waals surface area contributed by atoms with Gasteiger partial charge in [-0.1, -0.05) is 0 Å². The summed E-state index contributed by atoms with van der Waals surface area (Å²) in [5.41, 5.74) is 0.718. The molecule has 0 bridgehead atoms. The van der Waals surface area contributed by atoms with Crippen LogP contribution < -0.4 is 10.6 Å². The molecule has 3 rings (SSSR count). The summed E-state index contributed by atoms with van der Waals surface area (Å²) < 4.78 is 16.9. The highest BCUT2D eigenvalue weighted by atomic mass is 16.6. The minimum Gasteiger partial charge on any atom is -0.460 e. The number of carbonyl (C=O) groups excluding carboxylic acids is 2. The van der Waals surface area contributed by atoms with Crippen molar-refractivity contribution in [2.45, 2.75) is 26.4 Å². The number of anilines is 2. The molecule has 10 nitrogen and oxygen atoms in total. The molecule has 0 aliphatic rings. The topological polar surface area (TPSA) is 120 Å². The first kappa shape index (κ1) is 18.2. The number of hydrogen-bond acceptors (Lipinski definition) is 7. The van der Waals surface area contributed by atoms with Crippen molar-refractivity contribution in [2.24, 2.45) is 0 Å². The van der Waals surface area contributed by atoms with Gasteiger partial charge in [-0.25, -0.2) is 19.1 Å².